The Bertz CT molecular complexity index is 370. The Balaban J connectivity index is 2.96. The first-order chi connectivity index (χ1) is 6.63. The van der Waals surface area contributed by atoms with Gasteiger partial charge < -0.3 is 4.74 Å². The van der Waals surface area contributed by atoms with Gasteiger partial charge in [0.25, 0.3) is 6.47 Å². The minimum Gasteiger partial charge on any atom is -0.414 e. The summed E-state index contributed by atoms with van der Waals surface area (Å²) in [6, 6.07) is 5.91. The first-order valence-corrected chi connectivity index (χ1v) is 4.36. The van der Waals surface area contributed by atoms with E-state index in [1.807, 2.05) is 32.0 Å². The molecule has 0 saturated carbocycles. The molecule has 0 unspecified atom stereocenters. The number of nitrogens with zero attached hydrogens (tertiary/aromatic N) is 1. The highest BCUT2D eigenvalue weighted by Crippen LogP contribution is 2.19. The highest BCUT2D eigenvalue weighted by molar-refractivity contribution is 5.82. The topological polar surface area (TPSA) is 38.7 Å². The maximum absolute atomic E-state index is 10.0. The normalized spacial score (nSPS) is 11.2. The standard InChI is InChI=1S/C11H13NO2/c1-8-4-5-11(9(2)6-8)12-10(3)14-7-13/h4-7H,1-3H3/b12-10-. The van der Waals surface area contributed by atoms with Crippen molar-refractivity contribution in [2.75, 3.05) is 0 Å². The molecule has 0 radical (unpaired) electrons. The van der Waals surface area contributed by atoms with E-state index in [1.165, 1.54) is 5.56 Å². The number of ether oxygens (including phenoxy) is 1. The third-order valence-corrected chi connectivity index (χ3v) is 1.85. The molecule has 0 N–H and O–H groups in total. The van der Waals surface area contributed by atoms with Crippen molar-refractivity contribution in [1.29, 1.82) is 0 Å². The predicted molar refractivity (Wildman–Crippen MR) is 55.8 cm³/mol. The number of aryl methyl sites for hydroxylation is 2. The molecule has 0 aromatic heterocycles. The molecule has 0 spiro atoms. The molecule has 0 aliphatic heterocycles. The molecule has 1 rings (SSSR count). The highest BCUT2D eigenvalue weighted by Gasteiger charge is 1.97. The SMILES string of the molecule is C/C(=N/c1ccc(C)cc1C)OC=O. The van der Waals surface area contributed by atoms with Crippen molar-refractivity contribution in [1.82, 2.24) is 0 Å². The molecular weight excluding hydrogens is 178 g/mol. The van der Waals surface area contributed by atoms with Gasteiger partial charge in [-0.25, -0.2) is 4.99 Å². The van der Waals surface area contributed by atoms with E-state index in [4.69, 9.17) is 0 Å². The van der Waals surface area contributed by atoms with Crippen molar-refractivity contribution < 1.29 is 9.53 Å². The zero-order valence-electron chi connectivity index (χ0n) is 8.57. The summed E-state index contributed by atoms with van der Waals surface area (Å²) < 4.78 is 4.60. The zero-order valence-corrected chi connectivity index (χ0v) is 8.57. The van der Waals surface area contributed by atoms with Gasteiger partial charge in [0.05, 0.1) is 5.69 Å². The van der Waals surface area contributed by atoms with E-state index >= 15 is 0 Å². The Morgan fingerprint density at radius 1 is 1.43 bits per heavy atom. The van der Waals surface area contributed by atoms with Crippen LogP contribution in [0.5, 0.6) is 0 Å². The fourth-order valence-electron chi connectivity index (χ4n) is 1.20. The van der Waals surface area contributed by atoms with Gasteiger partial charge in [-0.15, -0.1) is 0 Å². The first-order valence-electron chi connectivity index (χ1n) is 4.36. The monoisotopic (exact) mass is 191 g/mol. The summed E-state index contributed by atoms with van der Waals surface area (Å²) in [4.78, 5) is 14.2. The van der Waals surface area contributed by atoms with Crippen LogP contribution < -0.4 is 0 Å². The van der Waals surface area contributed by atoms with Crippen LogP contribution in [0.25, 0.3) is 0 Å². The Kier molecular flexibility index (Phi) is 3.40. The number of carbonyl (C=O) groups is 1. The summed E-state index contributed by atoms with van der Waals surface area (Å²) >= 11 is 0. The molecule has 14 heavy (non-hydrogen) atoms. The lowest BCUT2D eigenvalue weighted by Gasteiger charge is -2.02. The summed E-state index contributed by atoms with van der Waals surface area (Å²) in [6.45, 7) is 6.02. The molecule has 1 aromatic rings. The third-order valence-electron chi connectivity index (χ3n) is 1.85. The highest BCUT2D eigenvalue weighted by atomic mass is 16.5. The van der Waals surface area contributed by atoms with Gasteiger partial charge in [0.15, 0.2) is 5.90 Å². The molecule has 3 nitrogen and oxygen atoms in total. The Labute approximate surface area is 83.4 Å². The van der Waals surface area contributed by atoms with Crippen molar-refractivity contribution in [3.63, 3.8) is 0 Å². The lowest BCUT2D eigenvalue weighted by atomic mass is 10.1. The van der Waals surface area contributed by atoms with E-state index < -0.39 is 0 Å². The Morgan fingerprint density at radius 2 is 2.14 bits per heavy atom. The van der Waals surface area contributed by atoms with Gasteiger partial charge in [0.2, 0.25) is 0 Å². The van der Waals surface area contributed by atoms with Crippen LogP contribution in [0.15, 0.2) is 23.2 Å². The summed E-state index contributed by atoms with van der Waals surface area (Å²) in [5.74, 6) is 0.354. The predicted octanol–water partition coefficient (Wildman–Crippen LogP) is 2.53. The van der Waals surface area contributed by atoms with E-state index in [2.05, 4.69) is 9.73 Å². The van der Waals surface area contributed by atoms with Crippen LogP contribution in [0.3, 0.4) is 0 Å². The maximum atomic E-state index is 10.0. The molecule has 0 saturated heterocycles. The Hall–Kier alpha value is -1.64. The van der Waals surface area contributed by atoms with Gasteiger partial charge >= 0.3 is 0 Å². The first kappa shape index (κ1) is 10.4. The van der Waals surface area contributed by atoms with Crippen LogP contribution in [-0.4, -0.2) is 12.4 Å². The van der Waals surface area contributed by atoms with Gasteiger partial charge in [-0.2, -0.15) is 0 Å². The second-order valence-electron chi connectivity index (χ2n) is 3.13. The summed E-state index contributed by atoms with van der Waals surface area (Å²) in [5, 5.41) is 0. The lowest BCUT2D eigenvalue weighted by Crippen LogP contribution is -1.96. The van der Waals surface area contributed by atoms with E-state index in [1.54, 1.807) is 6.92 Å². The van der Waals surface area contributed by atoms with Crippen molar-refractivity contribution in [3.8, 4) is 0 Å². The summed E-state index contributed by atoms with van der Waals surface area (Å²) in [6.07, 6.45) is 0. The average Bonchev–Trinajstić information content (AvgIpc) is 2.10. The van der Waals surface area contributed by atoms with Crippen LogP contribution in [0.4, 0.5) is 5.69 Å². The van der Waals surface area contributed by atoms with Gasteiger partial charge in [0.1, 0.15) is 0 Å². The molecule has 3 heteroatoms. The summed E-state index contributed by atoms with van der Waals surface area (Å²) in [5.41, 5.74) is 3.09. The number of benzene rings is 1. The van der Waals surface area contributed by atoms with Crippen LogP contribution in [-0.2, 0) is 9.53 Å². The van der Waals surface area contributed by atoms with Crippen molar-refractivity contribution in [2.45, 2.75) is 20.8 Å². The Morgan fingerprint density at radius 3 is 2.71 bits per heavy atom. The van der Waals surface area contributed by atoms with Gasteiger partial charge in [-0.3, -0.25) is 4.79 Å². The van der Waals surface area contributed by atoms with Crippen molar-refractivity contribution in [2.24, 2.45) is 4.99 Å². The minimum absolute atomic E-state index is 0.354. The van der Waals surface area contributed by atoms with Crippen LogP contribution >= 0.6 is 0 Å². The van der Waals surface area contributed by atoms with Crippen molar-refractivity contribution >= 4 is 18.1 Å². The quantitative estimate of drug-likeness (QED) is 0.409. The molecule has 0 bridgehead atoms. The van der Waals surface area contributed by atoms with Crippen LogP contribution in [0, 0.1) is 13.8 Å². The molecular formula is C11H13NO2. The van der Waals surface area contributed by atoms with E-state index in [-0.39, 0.29) is 0 Å². The second-order valence-corrected chi connectivity index (χ2v) is 3.13. The van der Waals surface area contributed by atoms with Crippen LogP contribution in [0.1, 0.15) is 18.1 Å². The molecule has 74 valence electrons. The molecule has 0 fully saturated rings. The molecule has 0 aliphatic rings. The smallest absolute Gasteiger partial charge is 0.299 e. The minimum atomic E-state index is 0.354. The second kappa shape index (κ2) is 4.56. The number of rotatable bonds is 2. The van der Waals surface area contributed by atoms with E-state index in [0.29, 0.717) is 12.4 Å². The molecule has 0 aliphatic carbocycles. The molecule has 0 heterocycles. The van der Waals surface area contributed by atoms with Crippen molar-refractivity contribution in [3.05, 3.63) is 29.3 Å². The third kappa shape index (κ3) is 2.69. The van der Waals surface area contributed by atoms with Gasteiger partial charge in [-0.05, 0) is 25.5 Å². The maximum Gasteiger partial charge on any atom is 0.299 e. The zero-order chi connectivity index (χ0) is 10.6. The van der Waals surface area contributed by atoms with Gasteiger partial charge in [0, 0.05) is 6.92 Å². The average molecular weight is 191 g/mol. The van der Waals surface area contributed by atoms with E-state index in [9.17, 15) is 4.79 Å². The largest absolute Gasteiger partial charge is 0.414 e. The lowest BCUT2D eigenvalue weighted by molar-refractivity contribution is -0.121. The molecule has 1 aromatic carbocycles. The number of hydrogen-bond acceptors (Lipinski definition) is 3. The fraction of sp³-hybridized carbons (Fsp3) is 0.273. The number of carbonyl (C=O) groups excluding carboxylic acids is 1. The van der Waals surface area contributed by atoms with Crippen LogP contribution in [0.2, 0.25) is 0 Å². The number of aliphatic imine (C=N–C) groups is 1. The van der Waals surface area contributed by atoms with Gasteiger partial charge in [-0.1, -0.05) is 17.7 Å². The molecule has 0 atom stereocenters. The molecule has 0 amide bonds. The van der Waals surface area contributed by atoms with E-state index in [0.717, 1.165) is 11.3 Å². The fourth-order valence-corrected chi connectivity index (χ4v) is 1.20. The summed E-state index contributed by atoms with van der Waals surface area (Å²) in [7, 11) is 0. The number of hydrogen-bond donors (Lipinski definition) is 0.